The van der Waals surface area contributed by atoms with Crippen LogP contribution in [0.1, 0.15) is 0 Å². The molecular formula is C56H30O2. The van der Waals surface area contributed by atoms with E-state index < -0.39 is 0 Å². The lowest BCUT2D eigenvalue weighted by Crippen LogP contribution is -1.93. The predicted molar refractivity (Wildman–Crippen MR) is 245 cm³/mol. The largest absolute Gasteiger partial charge is 0.455 e. The van der Waals surface area contributed by atoms with Crippen molar-refractivity contribution in [1.82, 2.24) is 0 Å². The maximum Gasteiger partial charge on any atom is 0.143 e. The second kappa shape index (κ2) is 11.0. The van der Waals surface area contributed by atoms with Gasteiger partial charge in [-0.25, -0.2) is 0 Å². The number of furan rings is 2. The second-order valence-electron chi connectivity index (χ2n) is 15.9. The highest BCUT2D eigenvalue weighted by Crippen LogP contribution is 2.49. The van der Waals surface area contributed by atoms with Gasteiger partial charge in [-0.3, -0.25) is 0 Å². The fraction of sp³-hybridized carbons (Fsp3) is 0. The van der Waals surface area contributed by atoms with Crippen molar-refractivity contribution in [3.05, 3.63) is 182 Å². The third kappa shape index (κ3) is 3.91. The highest BCUT2D eigenvalue weighted by atomic mass is 16.3. The van der Waals surface area contributed by atoms with Crippen LogP contribution in [0.3, 0.4) is 0 Å². The number of rotatable bonds is 3. The van der Waals surface area contributed by atoms with Crippen molar-refractivity contribution < 1.29 is 8.83 Å². The van der Waals surface area contributed by atoms with Gasteiger partial charge in [0.2, 0.25) is 0 Å². The van der Waals surface area contributed by atoms with Gasteiger partial charge in [-0.1, -0.05) is 158 Å². The number of fused-ring (bicyclic) bond motifs is 6. The number of benzene rings is 12. The first-order valence-corrected chi connectivity index (χ1v) is 20.0. The van der Waals surface area contributed by atoms with Crippen molar-refractivity contribution in [2.75, 3.05) is 0 Å². The van der Waals surface area contributed by atoms with Gasteiger partial charge in [0.1, 0.15) is 22.3 Å². The van der Waals surface area contributed by atoms with Crippen LogP contribution in [-0.2, 0) is 0 Å². The third-order valence-electron chi connectivity index (χ3n) is 13.0. The highest BCUT2D eigenvalue weighted by molar-refractivity contribution is 6.33. The molecule has 0 aliphatic carbocycles. The zero-order chi connectivity index (χ0) is 37.6. The van der Waals surface area contributed by atoms with E-state index in [9.17, 15) is 0 Å². The molecule has 2 nitrogen and oxygen atoms in total. The Bertz CT molecular complexity index is 3760. The second-order valence-corrected chi connectivity index (χ2v) is 15.9. The van der Waals surface area contributed by atoms with E-state index in [1.165, 1.54) is 86.9 Å². The summed E-state index contributed by atoms with van der Waals surface area (Å²) in [5, 5.41) is 19.8. The van der Waals surface area contributed by atoms with Crippen molar-refractivity contribution in [1.29, 1.82) is 0 Å². The monoisotopic (exact) mass is 734 g/mol. The first-order valence-electron chi connectivity index (χ1n) is 20.0. The SMILES string of the molecule is c1ccc2c(c1)oc1c(-c3ccc4cc(-c5cc6ccc(-c7cccc8c7oc7ccccc78)c7ccc8cccc5c8c67)c5cccc6ccc3c4c65)cccc12. The standard InChI is InChI=1S/C56H30O2/c1-3-19-49-37(11-1)45-17-7-15-43(55(45)57-49)35-25-23-33-29-47(39-13-5-9-31-21-27-41(35)53(33)51(31)39)48-30-34-24-26-36(42-28-22-32-10-6-14-40(48)52(32)54(34)42)44-16-8-18-46-38-12-2-4-20-50(38)58-56(44)46/h1-30H. The van der Waals surface area contributed by atoms with E-state index in [2.05, 4.69) is 170 Å². The van der Waals surface area contributed by atoms with Crippen LogP contribution in [0.5, 0.6) is 0 Å². The van der Waals surface area contributed by atoms with Gasteiger partial charge in [0.25, 0.3) is 0 Å². The van der Waals surface area contributed by atoms with E-state index in [4.69, 9.17) is 8.83 Å². The Kier molecular flexibility index (Phi) is 5.79. The molecule has 14 rings (SSSR count). The molecule has 14 aromatic rings. The van der Waals surface area contributed by atoms with Gasteiger partial charge < -0.3 is 8.83 Å². The fourth-order valence-corrected chi connectivity index (χ4v) is 10.5. The molecule has 0 unspecified atom stereocenters. The molecule has 0 N–H and O–H groups in total. The summed E-state index contributed by atoms with van der Waals surface area (Å²) in [4.78, 5) is 0. The first-order chi connectivity index (χ1) is 28.8. The Hall–Kier alpha value is -7.68. The van der Waals surface area contributed by atoms with Crippen LogP contribution >= 0.6 is 0 Å². The predicted octanol–water partition coefficient (Wildman–Crippen LogP) is 16.3. The molecule has 0 saturated heterocycles. The molecular weight excluding hydrogens is 705 g/mol. The van der Waals surface area contributed by atoms with E-state index >= 15 is 0 Å². The van der Waals surface area contributed by atoms with Crippen molar-refractivity contribution in [3.63, 3.8) is 0 Å². The van der Waals surface area contributed by atoms with Crippen molar-refractivity contribution in [2.24, 2.45) is 0 Å². The van der Waals surface area contributed by atoms with E-state index in [0.717, 1.165) is 55.0 Å². The summed E-state index contributed by atoms with van der Waals surface area (Å²) in [6.45, 7) is 0. The normalized spacial score (nSPS) is 12.5. The van der Waals surface area contributed by atoms with Gasteiger partial charge in [0.05, 0.1) is 0 Å². The lowest BCUT2D eigenvalue weighted by molar-refractivity contribution is 0.669. The Morgan fingerprint density at radius 1 is 0.224 bits per heavy atom. The Balaban J connectivity index is 1.03. The molecule has 2 heteroatoms. The van der Waals surface area contributed by atoms with Crippen LogP contribution in [0, 0.1) is 0 Å². The van der Waals surface area contributed by atoms with Crippen LogP contribution < -0.4 is 0 Å². The van der Waals surface area contributed by atoms with Gasteiger partial charge >= 0.3 is 0 Å². The first kappa shape index (κ1) is 30.5. The minimum atomic E-state index is 0.917. The average Bonchev–Trinajstić information content (AvgIpc) is 3.86. The third-order valence-corrected chi connectivity index (χ3v) is 13.0. The summed E-state index contributed by atoms with van der Waals surface area (Å²) < 4.78 is 13.1. The Labute approximate surface area is 331 Å². The molecule has 0 fully saturated rings. The molecule has 0 aliphatic rings. The van der Waals surface area contributed by atoms with Gasteiger partial charge in [-0.15, -0.1) is 0 Å². The molecule has 2 aromatic heterocycles. The number of para-hydroxylation sites is 4. The van der Waals surface area contributed by atoms with Crippen LogP contribution in [0.25, 0.3) is 142 Å². The van der Waals surface area contributed by atoms with Crippen LogP contribution in [-0.4, -0.2) is 0 Å². The maximum absolute atomic E-state index is 6.56. The maximum atomic E-state index is 6.56. The quantitative estimate of drug-likeness (QED) is 0.169. The summed E-state index contributed by atoms with van der Waals surface area (Å²) in [7, 11) is 0. The van der Waals surface area contributed by atoms with E-state index in [1.807, 2.05) is 12.1 Å². The topological polar surface area (TPSA) is 26.3 Å². The zero-order valence-electron chi connectivity index (χ0n) is 31.1. The molecule has 0 atom stereocenters. The van der Waals surface area contributed by atoms with E-state index in [-0.39, 0.29) is 0 Å². The lowest BCUT2D eigenvalue weighted by atomic mass is 9.83. The molecule has 0 radical (unpaired) electrons. The summed E-state index contributed by atoms with van der Waals surface area (Å²) in [5.74, 6) is 0. The smallest absolute Gasteiger partial charge is 0.143 e. The zero-order valence-corrected chi connectivity index (χ0v) is 31.1. The van der Waals surface area contributed by atoms with E-state index in [1.54, 1.807) is 0 Å². The van der Waals surface area contributed by atoms with Crippen LogP contribution in [0.4, 0.5) is 0 Å². The van der Waals surface area contributed by atoms with Gasteiger partial charge in [0.15, 0.2) is 0 Å². The van der Waals surface area contributed by atoms with Gasteiger partial charge in [-0.2, -0.15) is 0 Å². The molecule has 0 saturated carbocycles. The molecule has 266 valence electrons. The van der Waals surface area contributed by atoms with Gasteiger partial charge in [-0.05, 0) is 111 Å². The number of hydrogen-bond acceptors (Lipinski definition) is 2. The summed E-state index contributed by atoms with van der Waals surface area (Å²) in [6.07, 6.45) is 0. The Morgan fingerprint density at radius 3 is 1.10 bits per heavy atom. The molecule has 0 spiro atoms. The fourth-order valence-electron chi connectivity index (χ4n) is 10.5. The molecule has 0 aliphatic heterocycles. The molecule has 2 heterocycles. The minimum absolute atomic E-state index is 0.917. The molecule has 0 bridgehead atoms. The average molecular weight is 735 g/mol. The van der Waals surface area contributed by atoms with Crippen molar-refractivity contribution in [3.8, 4) is 33.4 Å². The van der Waals surface area contributed by atoms with Crippen LogP contribution in [0.2, 0.25) is 0 Å². The van der Waals surface area contributed by atoms with Gasteiger partial charge in [0, 0.05) is 32.7 Å². The molecule has 12 aromatic carbocycles. The Morgan fingerprint density at radius 2 is 0.603 bits per heavy atom. The lowest BCUT2D eigenvalue weighted by Gasteiger charge is -2.20. The number of hydrogen-bond donors (Lipinski definition) is 0. The van der Waals surface area contributed by atoms with Crippen LogP contribution in [0.15, 0.2) is 191 Å². The minimum Gasteiger partial charge on any atom is -0.455 e. The summed E-state index contributed by atoms with van der Waals surface area (Å²) >= 11 is 0. The molecule has 58 heavy (non-hydrogen) atoms. The van der Waals surface area contributed by atoms with Crippen molar-refractivity contribution >= 4 is 109 Å². The molecule has 0 amide bonds. The highest BCUT2D eigenvalue weighted by Gasteiger charge is 2.22. The summed E-state index contributed by atoms with van der Waals surface area (Å²) in [5.41, 5.74) is 10.8. The summed E-state index contributed by atoms with van der Waals surface area (Å²) in [6, 6.07) is 66.6. The van der Waals surface area contributed by atoms with Crippen molar-refractivity contribution in [2.45, 2.75) is 0 Å². The van der Waals surface area contributed by atoms with E-state index in [0.29, 0.717) is 0 Å².